The quantitative estimate of drug-likeness (QED) is 0.728. The largest absolute Gasteiger partial charge is 0.287 e. The van der Waals surface area contributed by atoms with Crippen molar-refractivity contribution in [3.8, 4) is 6.07 Å². The Morgan fingerprint density at radius 2 is 2.00 bits per heavy atom. The van der Waals surface area contributed by atoms with Crippen molar-refractivity contribution in [2.75, 3.05) is 13.1 Å². The molecule has 1 aromatic heterocycles. The zero-order chi connectivity index (χ0) is 11.9. The van der Waals surface area contributed by atoms with Crippen molar-refractivity contribution in [3.05, 3.63) is 30.1 Å². The molecule has 0 unspecified atom stereocenters. The predicted octanol–water partition coefficient (Wildman–Crippen LogP) is 2.39. The molecule has 0 N–H and O–H groups in total. The Bertz CT molecular complexity index is 363. The second-order valence-electron chi connectivity index (χ2n) is 4.67. The van der Waals surface area contributed by atoms with Gasteiger partial charge in [0.05, 0.1) is 12.6 Å². The van der Waals surface area contributed by atoms with Crippen molar-refractivity contribution < 1.29 is 0 Å². The summed E-state index contributed by atoms with van der Waals surface area (Å²) in [5, 5.41) is 8.89. The molecule has 0 bridgehead atoms. The number of aromatic nitrogens is 1. The summed E-state index contributed by atoms with van der Waals surface area (Å²) < 4.78 is 0. The molecule has 1 saturated carbocycles. The molecule has 0 radical (unpaired) electrons. The monoisotopic (exact) mass is 229 g/mol. The molecule has 0 saturated heterocycles. The minimum Gasteiger partial charge on any atom is -0.287 e. The Hall–Kier alpha value is -1.40. The number of hydrogen-bond acceptors (Lipinski definition) is 3. The second-order valence-corrected chi connectivity index (χ2v) is 4.67. The van der Waals surface area contributed by atoms with Crippen LogP contribution in [0, 0.1) is 11.3 Å². The van der Waals surface area contributed by atoms with Gasteiger partial charge in [-0.2, -0.15) is 5.26 Å². The van der Waals surface area contributed by atoms with E-state index in [1.54, 1.807) is 0 Å². The van der Waals surface area contributed by atoms with Gasteiger partial charge >= 0.3 is 0 Å². The summed E-state index contributed by atoms with van der Waals surface area (Å²) in [4.78, 5) is 6.36. The van der Waals surface area contributed by atoms with Gasteiger partial charge < -0.3 is 0 Å². The average molecular weight is 229 g/mol. The van der Waals surface area contributed by atoms with Crippen LogP contribution in [0.3, 0.4) is 0 Å². The lowest BCUT2D eigenvalue weighted by molar-refractivity contribution is 0.225. The summed E-state index contributed by atoms with van der Waals surface area (Å²) in [7, 11) is 0. The highest BCUT2D eigenvalue weighted by molar-refractivity contribution is 5.10. The maximum Gasteiger partial charge on any atom is 0.0868 e. The fourth-order valence-electron chi connectivity index (χ4n) is 2.57. The summed E-state index contributed by atoms with van der Waals surface area (Å²) in [6, 6.07) is 7.04. The molecule has 1 heterocycles. The third-order valence-corrected chi connectivity index (χ3v) is 3.55. The summed E-state index contributed by atoms with van der Waals surface area (Å²) in [6.45, 7) is 1.55. The van der Waals surface area contributed by atoms with E-state index < -0.39 is 0 Å². The summed E-state index contributed by atoms with van der Waals surface area (Å²) in [5.74, 6) is 0. The SMILES string of the molecule is N#CCN(CCc1ccncc1)C1CCCC1. The second kappa shape index (κ2) is 6.36. The Morgan fingerprint density at radius 3 is 2.65 bits per heavy atom. The first-order valence-electron chi connectivity index (χ1n) is 6.40. The van der Waals surface area contributed by atoms with Crippen LogP contribution in [0.5, 0.6) is 0 Å². The van der Waals surface area contributed by atoms with Crippen LogP contribution in [0.4, 0.5) is 0 Å². The van der Waals surface area contributed by atoms with Crippen LogP contribution < -0.4 is 0 Å². The molecule has 0 spiro atoms. The highest BCUT2D eigenvalue weighted by atomic mass is 15.1. The minimum absolute atomic E-state index is 0.565. The van der Waals surface area contributed by atoms with Gasteiger partial charge in [0.15, 0.2) is 0 Å². The van der Waals surface area contributed by atoms with Crippen LogP contribution >= 0.6 is 0 Å². The number of nitrogens with zero attached hydrogens (tertiary/aromatic N) is 3. The Kier molecular flexibility index (Phi) is 4.52. The lowest BCUT2D eigenvalue weighted by Gasteiger charge is -2.26. The lowest BCUT2D eigenvalue weighted by atomic mass is 10.1. The van der Waals surface area contributed by atoms with Gasteiger partial charge in [-0.15, -0.1) is 0 Å². The Morgan fingerprint density at radius 1 is 1.29 bits per heavy atom. The van der Waals surface area contributed by atoms with Gasteiger partial charge in [0.25, 0.3) is 0 Å². The van der Waals surface area contributed by atoms with E-state index in [1.807, 2.05) is 12.4 Å². The molecule has 1 aliphatic carbocycles. The van der Waals surface area contributed by atoms with Crippen LogP contribution in [-0.4, -0.2) is 29.0 Å². The lowest BCUT2D eigenvalue weighted by Crippen LogP contribution is -2.35. The molecule has 0 atom stereocenters. The average Bonchev–Trinajstić information content (AvgIpc) is 2.89. The summed E-state index contributed by atoms with van der Waals surface area (Å²) >= 11 is 0. The van der Waals surface area contributed by atoms with Gasteiger partial charge in [-0.05, 0) is 37.0 Å². The van der Waals surface area contributed by atoms with E-state index in [9.17, 15) is 0 Å². The molecule has 2 rings (SSSR count). The first-order valence-corrected chi connectivity index (χ1v) is 6.40. The van der Waals surface area contributed by atoms with E-state index in [1.165, 1.54) is 31.2 Å². The van der Waals surface area contributed by atoms with Gasteiger partial charge in [0.1, 0.15) is 0 Å². The normalized spacial score (nSPS) is 16.2. The molecule has 1 fully saturated rings. The summed E-state index contributed by atoms with van der Waals surface area (Å²) in [5.41, 5.74) is 1.31. The maximum absolute atomic E-state index is 8.89. The zero-order valence-corrected chi connectivity index (χ0v) is 10.2. The van der Waals surface area contributed by atoms with Crippen molar-refractivity contribution >= 4 is 0 Å². The van der Waals surface area contributed by atoms with Crippen LogP contribution in [-0.2, 0) is 6.42 Å². The van der Waals surface area contributed by atoms with Gasteiger partial charge in [-0.25, -0.2) is 0 Å². The van der Waals surface area contributed by atoms with Crippen LogP contribution in [0.2, 0.25) is 0 Å². The van der Waals surface area contributed by atoms with E-state index in [4.69, 9.17) is 5.26 Å². The predicted molar refractivity (Wildman–Crippen MR) is 67.4 cm³/mol. The number of hydrogen-bond donors (Lipinski definition) is 0. The van der Waals surface area contributed by atoms with Crippen molar-refractivity contribution in [1.29, 1.82) is 5.26 Å². The molecule has 0 amide bonds. The van der Waals surface area contributed by atoms with Crippen LogP contribution in [0.15, 0.2) is 24.5 Å². The zero-order valence-electron chi connectivity index (χ0n) is 10.2. The third-order valence-electron chi connectivity index (χ3n) is 3.55. The van der Waals surface area contributed by atoms with Gasteiger partial charge in [-0.3, -0.25) is 9.88 Å². The highest BCUT2D eigenvalue weighted by Gasteiger charge is 2.21. The summed E-state index contributed by atoms with van der Waals surface area (Å²) in [6.07, 6.45) is 9.85. The molecule has 90 valence electrons. The molecular formula is C14H19N3. The Labute approximate surface area is 103 Å². The van der Waals surface area contributed by atoms with Crippen molar-refractivity contribution in [1.82, 2.24) is 9.88 Å². The minimum atomic E-state index is 0.565. The van der Waals surface area contributed by atoms with Crippen molar-refractivity contribution in [3.63, 3.8) is 0 Å². The van der Waals surface area contributed by atoms with Gasteiger partial charge in [0.2, 0.25) is 0 Å². The Balaban J connectivity index is 1.87. The van der Waals surface area contributed by atoms with Gasteiger partial charge in [0, 0.05) is 25.0 Å². The molecule has 0 aliphatic heterocycles. The highest BCUT2D eigenvalue weighted by Crippen LogP contribution is 2.23. The van der Waals surface area contributed by atoms with E-state index in [0.29, 0.717) is 12.6 Å². The van der Waals surface area contributed by atoms with E-state index in [2.05, 4.69) is 28.1 Å². The van der Waals surface area contributed by atoms with Crippen molar-refractivity contribution in [2.45, 2.75) is 38.1 Å². The molecule has 0 aromatic carbocycles. The molecule has 1 aromatic rings. The first-order chi connectivity index (χ1) is 8.40. The number of rotatable bonds is 5. The molecule has 3 heteroatoms. The molecule has 1 aliphatic rings. The fraction of sp³-hybridized carbons (Fsp3) is 0.571. The third kappa shape index (κ3) is 3.54. The van der Waals surface area contributed by atoms with E-state index >= 15 is 0 Å². The fourth-order valence-corrected chi connectivity index (χ4v) is 2.57. The van der Waals surface area contributed by atoms with Crippen molar-refractivity contribution in [2.24, 2.45) is 0 Å². The number of nitriles is 1. The molecular weight excluding hydrogens is 210 g/mol. The smallest absolute Gasteiger partial charge is 0.0868 e. The number of pyridine rings is 1. The van der Waals surface area contributed by atoms with E-state index in [0.717, 1.165) is 13.0 Å². The van der Waals surface area contributed by atoms with Crippen LogP contribution in [0.25, 0.3) is 0 Å². The first kappa shape index (κ1) is 12.1. The van der Waals surface area contributed by atoms with E-state index in [-0.39, 0.29) is 0 Å². The standard InChI is InChI=1S/C14H19N3/c15-8-12-17(14-3-1-2-4-14)11-7-13-5-9-16-10-6-13/h5-6,9-10,14H,1-4,7,11-12H2. The van der Waals surface area contributed by atoms with Gasteiger partial charge in [-0.1, -0.05) is 12.8 Å². The maximum atomic E-state index is 8.89. The topological polar surface area (TPSA) is 39.9 Å². The molecule has 17 heavy (non-hydrogen) atoms. The molecule has 3 nitrogen and oxygen atoms in total. The van der Waals surface area contributed by atoms with Crippen LogP contribution in [0.1, 0.15) is 31.2 Å².